The monoisotopic (exact) mass is 400 g/mol. The van der Waals surface area contributed by atoms with E-state index in [0.717, 1.165) is 47.2 Å². The fraction of sp³-hybridized carbons (Fsp3) is 0.182. The van der Waals surface area contributed by atoms with Crippen molar-refractivity contribution in [2.45, 2.75) is 24.8 Å². The summed E-state index contributed by atoms with van der Waals surface area (Å²) in [6.07, 6.45) is 3.76. The summed E-state index contributed by atoms with van der Waals surface area (Å²) in [6.45, 7) is 0. The van der Waals surface area contributed by atoms with E-state index in [4.69, 9.17) is 15.8 Å². The number of rotatable bonds is 4. The average molecular weight is 400 g/mol. The molecule has 0 radical (unpaired) electrons. The van der Waals surface area contributed by atoms with Crippen molar-refractivity contribution in [2.75, 3.05) is 5.32 Å². The fourth-order valence-electron chi connectivity index (χ4n) is 3.83. The summed E-state index contributed by atoms with van der Waals surface area (Å²) in [4.78, 5) is 19.8. The number of nitrogens with zero attached hydrogens (tertiary/aromatic N) is 4. The van der Waals surface area contributed by atoms with Crippen LogP contribution in [0.1, 0.15) is 24.8 Å². The quantitative estimate of drug-likeness (QED) is 0.478. The number of anilines is 1. The fourth-order valence-corrected chi connectivity index (χ4v) is 3.83. The number of hydrogen-bond acceptors (Lipinski definition) is 5. The zero-order valence-electron chi connectivity index (χ0n) is 16.1. The van der Waals surface area contributed by atoms with E-state index in [1.807, 2.05) is 48.7 Å². The van der Waals surface area contributed by atoms with Crippen LogP contribution in [-0.2, 0) is 5.54 Å². The summed E-state index contributed by atoms with van der Waals surface area (Å²) >= 11 is 0. The Morgan fingerprint density at radius 2 is 1.77 bits per heavy atom. The highest BCUT2D eigenvalue weighted by Gasteiger charge is 2.34. The van der Waals surface area contributed by atoms with Crippen molar-refractivity contribution in [1.29, 1.82) is 0 Å². The standard InChI is InChI=1S/C22H20N6O2/c23-22(11-4-12-22)16-9-7-15(8-10-16)18-17(14-5-2-1-3-6-14)13-28-20(24-18)25-19(27-28)26-21(29)30/h1-3,5-10,13H,4,11-12,23H2,(H,26,27)(H,29,30). The Balaban J connectivity index is 1.64. The lowest BCUT2D eigenvalue weighted by molar-refractivity contribution is 0.209. The van der Waals surface area contributed by atoms with Crippen molar-refractivity contribution in [3.63, 3.8) is 0 Å². The molecule has 0 spiro atoms. The van der Waals surface area contributed by atoms with Gasteiger partial charge in [0.2, 0.25) is 0 Å². The number of benzene rings is 2. The Kier molecular flexibility index (Phi) is 4.22. The second-order valence-corrected chi connectivity index (χ2v) is 7.57. The van der Waals surface area contributed by atoms with Gasteiger partial charge in [-0.05, 0) is 30.4 Å². The maximum atomic E-state index is 10.9. The lowest BCUT2D eigenvalue weighted by Crippen LogP contribution is -2.43. The largest absolute Gasteiger partial charge is 0.465 e. The highest BCUT2D eigenvalue weighted by molar-refractivity contribution is 5.82. The molecule has 1 fully saturated rings. The molecule has 30 heavy (non-hydrogen) atoms. The molecule has 0 aliphatic heterocycles. The van der Waals surface area contributed by atoms with E-state index in [2.05, 4.69) is 27.5 Å². The third kappa shape index (κ3) is 3.17. The minimum Gasteiger partial charge on any atom is -0.465 e. The van der Waals surface area contributed by atoms with Gasteiger partial charge in [-0.2, -0.15) is 4.98 Å². The number of hydrogen-bond donors (Lipinski definition) is 3. The van der Waals surface area contributed by atoms with Crippen molar-refractivity contribution >= 4 is 17.8 Å². The Labute approximate surface area is 172 Å². The molecule has 4 aromatic rings. The lowest BCUT2D eigenvalue weighted by Gasteiger charge is -2.38. The molecule has 1 aliphatic rings. The zero-order chi connectivity index (χ0) is 20.7. The summed E-state index contributed by atoms with van der Waals surface area (Å²) in [5.74, 6) is 0.295. The van der Waals surface area contributed by atoms with Gasteiger partial charge >= 0.3 is 6.09 Å². The number of nitrogens with one attached hydrogen (secondary N) is 1. The Morgan fingerprint density at radius 1 is 1.03 bits per heavy atom. The molecular formula is C22H20N6O2. The Morgan fingerprint density at radius 3 is 2.40 bits per heavy atom. The number of carbonyl (C=O) groups is 1. The molecule has 1 aliphatic carbocycles. The predicted molar refractivity (Wildman–Crippen MR) is 113 cm³/mol. The van der Waals surface area contributed by atoms with Crippen LogP contribution in [0.3, 0.4) is 0 Å². The van der Waals surface area contributed by atoms with Gasteiger partial charge in [-0.15, -0.1) is 5.10 Å². The lowest BCUT2D eigenvalue weighted by atomic mass is 9.72. The number of fused-ring (bicyclic) bond motifs is 1. The van der Waals surface area contributed by atoms with Crippen LogP contribution in [0.15, 0.2) is 60.8 Å². The van der Waals surface area contributed by atoms with Crippen LogP contribution in [0.25, 0.3) is 28.2 Å². The van der Waals surface area contributed by atoms with Crippen LogP contribution in [0.2, 0.25) is 0 Å². The molecule has 0 atom stereocenters. The number of amides is 1. The van der Waals surface area contributed by atoms with E-state index < -0.39 is 6.09 Å². The molecule has 0 saturated heterocycles. The van der Waals surface area contributed by atoms with Gasteiger partial charge < -0.3 is 10.8 Å². The topological polar surface area (TPSA) is 118 Å². The van der Waals surface area contributed by atoms with Crippen LogP contribution in [0.5, 0.6) is 0 Å². The van der Waals surface area contributed by atoms with Crippen LogP contribution in [0, 0.1) is 0 Å². The van der Waals surface area contributed by atoms with Gasteiger partial charge in [0.05, 0.1) is 5.69 Å². The molecule has 8 nitrogen and oxygen atoms in total. The maximum Gasteiger partial charge on any atom is 0.411 e. The van der Waals surface area contributed by atoms with Gasteiger partial charge in [0.25, 0.3) is 11.7 Å². The van der Waals surface area contributed by atoms with E-state index in [-0.39, 0.29) is 11.5 Å². The average Bonchev–Trinajstić information content (AvgIpc) is 3.12. The summed E-state index contributed by atoms with van der Waals surface area (Å²) in [6, 6.07) is 18.1. The summed E-state index contributed by atoms with van der Waals surface area (Å²) < 4.78 is 1.48. The van der Waals surface area contributed by atoms with Crippen molar-refractivity contribution < 1.29 is 9.90 Å². The molecule has 8 heteroatoms. The summed E-state index contributed by atoms with van der Waals surface area (Å²) in [7, 11) is 0. The van der Waals surface area contributed by atoms with Gasteiger partial charge in [0.15, 0.2) is 0 Å². The normalized spacial score (nSPS) is 15.0. The Bertz CT molecular complexity index is 1230. The molecule has 0 unspecified atom stereocenters. The first-order valence-electron chi connectivity index (χ1n) is 9.74. The van der Waals surface area contributed by atoms with Crippen molar-refractivity contribution in [3.05, 3.63) is 66.4 Å². The molecular weight excluding hydrogens is 380 g/mol. The third-order valence-corrected chi connectivity index (χ3v) is 5.61. The van der Waals surface area contributed by atoms with Gasteiger partial charge in [0.1, 0.15) is 0 Å². The van der Waals surface area contributed by atoms with Gasteiger partial charge in [-0.3, -0.25) is 5.32 Å². The van der Waals surface area contributed by atoms with Gasteiger partial charge in [-0.1, -0.05) is 54.6 Å². The van der Waals surface area contributed by atoms with Crippen LogP contribution < -0.4 is 11.1 Å². The first-order valence-corrected chi connectivity index (χ1v) is 9.74. The highest BCUT2D eigenvalue weighted by atomic mass is 16.4. The van der Waals surface area contributed by atoms with Gasteiger partial charge in [-0.25, -0.2) is 14.3 Å². The molecule has 150 valence electrons. The first-order chi connectivity index (χ1) is 14.5. The van der Waals surface area contributed by atoms with Crippen molar-refractivity contribution in [2.24, 2.45) is 5.73 Å². The van der Waals surface area contributed by atoms with Gasteiger partial charge in [0, 0.05) is 22.9 Å². The molecule has 4 N–H and O–H groups in total. The molecule has 2 aromatic carbocycles. The van der Waals surface area contributed by atoms with Crippen molar-refractivity contribution in [3.8, 4) is 22.4 Å². The van der Waals surface area contributed by atoms with Crippen LogP contribution in [-0.4, -0.2) is 30.8 Å². The maximum absolute atomic E-state index is 10.9. The molecule has 5 rings (SSSR count). The minimum atomic E-state index is -1.23. The van der Waals surface area contributed by atoms with Crippen LogP contribution in [0.4, 0.5) is 10.7 Å². The summed E-state index contributed by atoms with van der Waals surface area (Å²) in [5, 5.41) is 15.3. The van der Waals surface area contributed by atoms with E-state index in [0.29, 0.717) is 5.78 Å². The SMILES string of the molecule is NC1(c2ccc(-c3nc4nc(NC(=O)O)nn4cc3-c3ccccc3)cc2)CCC1. The number of nitrogens with two attached hydrogens (primary N) is 1. The number of carboxylic acid groups (broad SMARTS) is 1. The van der Waals surface area contributed by atoms with E-state index >= 15 is 0 Å². The van der Waals surface area contributed by atoms with Crippen molar-refractivity contribution in [1.82, 2.24) is 19.6 Å². The molecule has 1 saturated carbocycles. The second kappa shape index (κ2) is 6.93. The van der Waals surface area contributed by atoms with E-state index in [9.17, 15) is 4.79 Å². The highest BCUT2D eigenvalue weighted by Crippen LogP contribution is 2.39. The molecule has 0 bridgehead atoms. The first kappa shape index (κ1) is 18.3. The number of aromatic nitrogens is 4. The third-order valence-electron chi connectivity index (χ3n) is 5.61. The Hall–Kier alpha value is -3.78. The zero-order valence-corrected chi connectivity index (χ0v) is 16.1. The van der Waals surface area contributed by atoms with E-state index in [1.54, 1.807) is 0 Å². The second-order valence-electron chi connectivity index (χ2n) is 7.57. The molecule has 1 amide bonds. The molecule has 2 heterocycles. The smallest absolute Gasteiger partial charge is 0.411 e. The minimum absolute atomic E-state index is 0.0171. The van der Waals surface area contributed by atoms with E-state index in [1.165, 1.54) is 4.52 Å². The molecule has 2 aromatic heterocycles. The predicted octanol–water partition coefficient (Wildman–Crippen LogP) is 3.89. The summed E-state index contributed by atoms with van der Waals surface area (Å²) in [5.41, 5.74) is 10.9. The van der Waals surface area contributed by atoms with Crippen LogP contribution >= 0.6 is 0 Å².